The third kappa shape index (κ3) is 5.81. The number of hydrogen-bond donors (Lipinski definition) is 3. The number of hydrogen-bond acceptors (Lipinski definition) is 8. The Morgan fingerprint density at radius 2 is 1.97 bits per heavy atom. The van der Waals surface area contributed by atoms with Crippen molar-refractivity contribution in [1.29, 1.82) is 0 Å². The summed E-state index contributed by atoms with van der Waals surface area (Å²) in [5.41, 5.74) is 1.50. The molecular weight excluding hydrogens is 499 g/mol. The van der Waals surface area contributed by atoms with Gasteiger partial charge in [0.25, 0.3) is 11.5 Å². The van der Waals surface area contributed by atoms with Gasteiger partial charge < -0.3 is 19.8 Å². The first-order valence-corrected chi connectivity index (χ1v) is 12.2. The van der Waals surface area contributed by atoms with E-state index in [1.807, 2.05) is 24.3 Å². The standard InChI is InChI=1S/C25H21FN6O4S/c26-17-6-2-5-16(11-17)19-13-37-24-20(19)22(33)30-21(31-24)23(34)27-12-15-4-1-7-18(10-15)35-8-3-9-36-25-28-14-29-32-25/h1-2,4-7,10-11,13-14H,3,8-9,12H2,(H,27,34)(H,28,29,32)(H,30,31,33). The normalized spacial score (nSPS) is 10.9. The Bertz CT molecular complexity index is 1580. The van der Waals surface area contributed by atoms with E-state index in [4.69, 9.17) is 9.47 Å². The zero-order chi connectivity index (χ0) is 25.6. The summed E-state index contributed by atoms with van der Waals surface area (Å²) in [6.45, 7) is 1.08. The van der Waals surface area contributed by atoms with Gasteiger partial charge in [-0.15, -0.1) is 11.3 Å². The maximum Gasteiger partial charge on any atom is 0.312 e. The second-order valence-electron chi connectivity index (χ2n) is 7.93. The van der Waals surface area contributed by atoms with Crippen LogP contribution in [0.1, 0.15) is 22.6 Å². The van der Waals surface area contributed by atoms with E-state index in [2.05, 4.69) is 30.5 Å². The van der Waals surface area contributed by atoms with E-state index >= 15 is 0 Å². The lowest BCUT2D eigenvalue weighted by Gasteiger charge is -2.09. The lowest BCUT2D eigenvalue weighted by atomic mass is 10.1. The monoisotopic (exact) mass is 520 g/mol. The number of ether oxygens (including phenoxy) is 2. The molecule has 1 amide bonds. The Kier molecular flexibility index (Phi) is 7.17. The van der Waals surface area contributed by atoms with E-state index in [1.54, 1.807) is 17.5 Å². The lowest BCUT2D eigenvalue weighted by Crippen LogP contribution is -2.27. The fraction of sp³-hybridized carbons (Fsp3) is 0.160. The van der Waals surface area contributed by atoms with Crippen molar-refractivity contribution >= 4 is 27.5 Å². The zero-order valence-corrected chi connectivity index (χ0v) is 20.2. The molecule has 5 aromatic rings. The molecule has 37 heavy (non-hydrogen) atoms. The SMILES string of the molecule is O=C(NCc1cccc(OCCCOc2ncn[nH]2)c1)c1nc2scc(-c3cccc(F)c3)c2c(=O)[nH]1. The Morgan fingerprint density at radius 1 is 1.11 bits per heavy atom. The number of benzene rings is 2. The van der Waals surface area contributed by atoms with E-state index in [0.717, 1.165) is 5.56 Å². The lowest BCUT2D eigenvalue weighted by molar-refractivity contribution is 0.0940. The van der Waals surface area contributed by atoms with Crippen molar-refractivity contribution in [3.8, 4) is 22.9 Å². The van der Waals surface area contributed by atoms with Crippen LogP contribution in [0, 0.1) is 5.82 Å². The fourth-order valence-electron chi connectivity index (χ4n) is 3.62. The molecule has 2 aromatic carbocycles. The zero-order valence-electron chi connectivity index (χ0n) is 19.4. The molecular formula is C25H21FN6O4S. The smallest absolute Gasteiger partial charge is 0.312 e. The molecule has 10 nitrogen and oxygen atoms in total. The number of halogens is 1. The maximum absolute atomic E-state index is 13.7. The van der Waals surface area contributed by atoms with Gasteiger partial charge in [0.1, 0.15) is 22.7 Å². The molecule has 0 saturated heterocycles. The number of fused-ring (bicyclic) bond motifs is 1. The van der Waals surface area contributed by atoms with E-state index in [1.165, 1.54) is 29.8 Å². The predicted molar refractivity (Wildman–Crippen MR) is 135 cm³/mol. The Morgan fingerprint density at radius 3 is 2.81 bits per heavy atom. The largest absolute Gasteiger partial charge is 0.493 e. The third-order valence-electron chi connectivity index (χ3n) is 5.34. The van der Waals surface area contributed by atoms with Crippen LogP contribution in [0.25, 0.3) is 21.3 Å². The summed E-state index contributed by atoms with van der Waals surface area (Å²) in [7, 11) is 0. The number of nitrogens with zero attached hydrogens (tertiary/aromatic N) is 3. The van der Waals surface area contributed by atoms with Crippen molar-refractivity contribution in [2.75, 3.05) is 13.2 Å². The van der Waals surface area contributed by atoms with Crippen molar-refractivity contribution in [1.82, 2.24) is 30.5 Å². The molecule has 0 aliphatic heterocycles. The molecule has 5 rings (SSSR count). The highest BCUT2D eigenvalue weighted by Crippen LogP contribution is 2.31. The second-order valence-corrected chi connectivity index (χ2v) is 8.78. The average Bonchev–Trinajstić information content (AvgIpc) is 3.58. The van der Waals surface area contributed by atoms with E-state index in [-0.39, 0.29) is 12.4 Å². The van der Waals surface area contributed by atoms with Gasteiger partial charge >= 0.3 is 6.01 Å². The molecule has 3 aromatic heterocycles. The summed E-state index contributed by atoms with van der Waals surface area (Å²) in [6, 6.07) is 13.7. The van der Waals surface area contributed by atoms with E-state index in [0.29, 0.717) is 52.7 Å². The average molecular weight is 521 g/mol. The Hall–Kier alpha value is -4.58. The van der Waals surface area contributed by atoms with Gasteiger partial charge in [-0.1, -0.05) is 24.3 Å². The number of H-pyrrole nitrogens is 2. The highest BCUT2D eigenvalue weighted by molar-refractivity contribution is 7.17. The van der Waals surface area contributed by atoms with Crippen LogP contribution in [0.15, 0.2) is 65.0 Å². The second kappa shape index (κ2) is 11.0. The molecule has 188 valence electrons. The minimum Gasteiger partial charge on any atom is -0.493 e. The first-order chi connectivity index (χ1) is 18.1. The summed E-state index contributed by atoms with van der Waals surface area (Å²) in [5.74, 6) is -0.355. The van der Waals surface area contributed by atoms with Crippen LogP contribution in [0.3, 0.4) is 0 Å². The van der Waals surface area contributed by atoms with E-state index < -0.39 is 17.3 Å². The van der Waals surface area contributed by atoms with Crippen LogP contribution in [-0.4, -0.2) is 44.3 Å². The molecule has 0 aliphatic rings. The number of nitrogens with one attached hydrogen (secondary N) is 3. The van der Waals surface area contributed by atoms with Crippen LogP contribution >= 0.6 is 11.3 Å². The van der Waals surface area contributed by atoms with Gasteiger partial charge in [0.15, 0.2) is 0 Å². The van der Waals surface area contributed by atoms with Crippen molar-refractivity contribution in [2.24, 2.45) is 0 Å². The van der Waals surface area contributed by atoms with Gasteiger partial charge in [-0.3, -0.25) is 9.59 Å². The summed E-state index contributed by atoms with van der Waals surface area (Å²) in [5, 5.41) is 11.1. The topological polar surface area (TPSA) is 135 Å². The number of aromatic amines is 2. The van der Waals surface area contributed by atoms with Crippen molar-refractivity contribution in [3.05, 3.63) is 87.8 Å². The Balaban J connectivity index is 1.19. The van der Waals surface area contributed by atoms with Gasteiger partial charge in [-0.2, -0.15) is 10.1 Å². The molecule has 0 atom stereocenters. The minimum atomic E-state index is -0.518. The molecule has 0 fully saturated rings. The number of amides is 1. The van der Waals surface area contributed by atoms with Crippen molar-refractivity contribution in [2.45, 2.75) is 13.0 Å². The molecule has 3 heterocycles. The Labute approximate surface area is 213 Å². The van der Waals surface area contributed by atoms with Gasteiger partial charge in [0.05, 0.1) is 18.6 Å². The van der Waals surface area contributed by atoms with Gasteiger partial charge in [0, 0.05) is 23.9 Å². The van der Waals surface area contributed by atoms with E-state index in [9.17, 15) is 14.0 Å². The molecule has 0 radical (unpaired) electrons. The number of aromatic nitrogens is 5. The number of rotatable bonds is 10. The quantitative estimate of drug-likeness (QED) is 0.239. The molecule has 0 bridgehead atoms. The number of carbonyl (C=O) groups is 1. The predicted octanol–water partition coefficient (Wildman–Crippen LogP) is 3.69. The van der Waals surface area contributed by atoms with Gasteiger partial charge in [0.2, 0.25) is 5.82 Å². The van der Waals surface area contributed by atoms with Crippen molar-refractivity contribution in [3.63, 3.8) is 0 Å². The molecule has 0 aliphatic carbocycles. The number of thiophene rings is 1. The third-order valence-corrected chi connectivity index (χ3v) is 6.21. The van der Waals surface area contributed by atoms with Gasteiger partial charge in [-0.05, 0) is 35.4 Å². The minimum absolute atomic E-state index is 0.0932. The van der Waals surface area contributed by atoms with Crippen LogP contribution in [0.5, 0.6) is 11.8 Å². The summed E-state index contributed by atoms with van der Waals surface area (Å²) in [4.78, 5) is 36.6. The van der Waals surface area contributed by atoms with Crippen LogP contribution in [0.2, 0.25) is 0 Å². The highest BCUT2D eigenvalue weighted by Gasteiger charge is 2.16. The van der Waals surface area contributed by atoms with Crippen molar-refractivity contribution < 1.29 is 18.7 Å². The molecule has 12 heteroatoms. The molecule has 0 unspecified atom stereocenters. The van der Waals surface area contributed by atoms with Crippen LogP contribution in [0.4, 0.5) is 4.39 Å². The summed E-state index contributed by atoms with van der Waals surface area (Å²) >= 11 is 1.22. The van der Waals surface area contributed by atoms with Crippen LogP contribution in [-0.2, 0) is 6.54 Å². The molecule has 0 saturated carbocycles. The summed E-state index contributed by atoms with van der Waals surface area (Å²) in [6.07, 6.45) is 2.02. The van der Waals surface area contributed by atoms with Crippen LogP contribution < -0.4 is 20.3 Å². The maximum atomic E-state index is 13.7. The summed E-state index contributed by atoms with van der Waals surface area (Å²) < 4.78 is 24.8. The first-order valence-electron chi connectivity index (χ1n) is 11.3. The highest BCUT2D eigenvalue weighted by atomic mass is 32.1. The fourth-order valence-corrected chi connectivity index (χ4v) is 4.57. The molecule has 3 N–H and O–H groups in total. The number of carbonyl (C=O) groups excluding carboxylic acids is 1. The molecule has 0 spiro atoms. The first kappa shape index (κ1) is 24.1. The van der Waals surface area contributed by atoms with Gasteiger partial charge in [-0.25, -0.2) is 14.5 Å².